The monoisotopic (exact) mass is 402 g/mol. The molecule has 2 aliphatic rings. The number of allylic oxidation sites excluding steroid dienone is 2. The lowest BCUT2D eigenvalue weighted by Crippen LogP contribution is -2.32. The molecule has 29 heavy (non-hydrogen) atoms. The number of hydrogen-bond donors (Lipinski definition) is 0. The van der Waals surface area contributed by atoms with Crippen LogP contribution in [-0.2, 0) is 11.2 Å². The molecule has 4 rings (SSSR count). The van der Waals surface area contributed by atoms with Crippen LogP contribution < -0.4 is 0 Å². The smallest absolute Gasteiger partial charge is 0.161 e. The van der Waals surface area contributed by atoms with Gasteiger partial charge in [0.2, 0.25) is 0 Å². The maximum atomic E-state index is 13.3. The van der Waals surface area contributed by atoms with Crippen LogP contribution in [0, 0.1) is 17.2 Å². The minimum absolute atomic E-state index is 0.0943. The predicted octanol–water partition coefficient (Wildman–Crippen LogP) is 6.00. The van der Waals surface area contributed by atoms with Crippen LogP contribution in [0.15, 0.2) is 64.8 Å². The summed E-state index contributed by atoms with van der Waals surface area (Å²) in [6.45, 7) is 4.02. The molecular weight excluding hydrogens is 380 g/mol. The zero-order valence-electron chi connectivity index (χ0n) is 16.7. The summed E-state index contributed by atoms with van der Waals surface area (Å²) in [6.07, 6.45) is 2.11. The van der Waals surface area contributed by atoms with Gasteiger partial charge in [-0.3, -0.25) is 9.79 Å². The fraction of sp³-hybridized carbons (Fsp3) is 0.320. The minimum Gasteiger partial charge on any atom is -0.294 e. The Balaban J connectivity index is 1.76. The molecule has 0 fully saturated rings. The second-order valence-corrected chi connectivity index (χ2v) is 8.31. The first-order valence-corrected chi connectivity index (χ1v) is 10.4. The zero-order chi connectivity index (χ0) is 20.5. The van der Waals surface area contributed by atoms with Crippen LogP contribution in [-0.4, -0.2) is 11.5 Å². The SMILES string of the molecule is CCc1ccc([C@H]2C3=C(C[C@H](c4ccc(Cl)cc4)CC3=O)N=C(C)C2C#N)cc1. The number of ketones is 1. The van der Waals surface area contributed by atoms with Crippen LogP contribution in [0.25, 0.3) is 0 Å². The summed E-state index contributed by atoms with van der Waals surface area (Å²) in [5, 5.41) is 10.5. The van der Waals surface area contributed by atoms with Gasteiger partial charge in [0.1, 0.15) is 0 Å². The summed E-state index contributed by atoms with van der Waals surface area (Å²) in [6, 6.07) is 18.4. The van der Waals surface area contributed by atoms with E-state index in [1.807, 2.05) is 31.2 Å². The summed E-state index contributed by atoms with van der Waals surface area (Å²) in [5.74, 6) is -0.446. The van der Waals surface area contributed by atoms with Gasteiger partial charge in [-0.1, -0.05) is 54.9 Å². The fourth-order valence-electron chi connectivity index (χ4n) is 4.52. The number of Topliss-reactive ketones (excluding diaryl/α,β-unsaturated/α-hetero) is 1. The molecule has 2 aromatic carbocycles. The first-order chi connectivity index (χ1) is 14.0. The summed E-state index contributed by atoms with van der Waals surface area (Å²) in [5.41, 5.74) is 5.74. The van der Waals surface area contributed by atoms with E-state index in [0.717, 1.165) is 34.5 Å². The van der Waals surface area contributed by atoms with Gasteiger partial charge in [-0.15, -0.1) is 0 Å². The van der Waals surface area contributed by atoms with Gasteiger partial charge in [0.05, 0.1) is 12.0 Å². The Morgan fingerprint density at radius 3 is 2.34 bits per heavy atom. The van der Waals surface area contributed by atoms with Crippen molar-refractivity contribution in [1.82, 2.24) is 0 Å². The molecule has 0 aromatic heterocycles. The molecule has 3 nitrogen and oxygen atoms in total. The second kappa shape index (κ2) is 7.97. The Bertz CT molecular complexity index is 1040. The van der Waals surface area contributed by atoms with Crippen LogP contribution in [0.3, 0.4) is 0 Å². The van der Waals surface area contributed by atoms with E-state index < -0.39 is 5.92 Å². The van der Waals surface area contributed by atoms with Gasteiger partial charge in [-0.05, 0) is 54.5 Å². The highest BCUT2D eigenvalue weighted by atomic mass is 35.5. The highest BCUT2D eigenvalue weighted by molar-refractivity contribution is 6.30. The van der Waals surface area contributed by atoms with E-state index in [4.69, 9.17) is 16.6 Å². The molecule has 0 saturated heterocycles. The van der Waals surface area contributed by atoms with E-state index in [9.17, 15) is 10.1 Å². The first-order valence-electron chi connectivity index (χ1n) is 10.1. The Morgan fingerprint density at radius 1 is 1.07 bits per heavy atom. The molecule has 4 heteroatoms. The lowest BCUT2D eigenvalue weighted by atomic mass is 9.69. The molecule has 3 atom stereocenters. The Kier molecular flexibility index (Phi) is 5.39. The molecule has 0 bridgehead atoms. The van der Waals surface area contributed by atoms with Crippen LogP contribution in [0.5, 0.6) is 0 Å². The number of halogens is 1. The Hall–Kier alpha value is -2.70. The van der Waals surface area contributed by atoms with Crippen molar-refractivity contribution < 1.29 is 4.79 Å². The number of hydrogen-bond acceptors (Lipinski definition) is 3. The summed E-state index contributed by atoms with van der Waals surface area (Å²) in [4.78, 5) is 18.0. The maximum absolute atomic E-state index is 13.3. The van der Waals surface area contributed by atoms with Gasteiger partial charge in [0.15, 0.2) is 5.78 Å². The van der Waals surface area contributed by atoms with E-state index in [-0.39, 0.29) is 17.6 Å². The molecule has 0 amide bonds. The standard InChI is InChI=1S/C25H23ClN2O/c1-3-16-4-6-18(7-5-16)24-21(14-27)15(2)28-22-12-19(13-23(29)25(22)24)17-8-10-20(26)11-9-17/h4-11,19,21,24H,3,12-13H2,1-2H3/t19-,21?,24+/m0/s1. The van der Waals surface area contributed by atoms with Gasteiger partial charge in [0.25, 0.3) is 0 Å². The molecule has 0 N–H and O–H groups in total. The van der Waals surface area contributed by atoms with Gasteiger partial charge < -0.3 is 0 Å². The lowest BCUT2D eigenvalue weighted by Gasteiger charge is -2.35. The van der Waals surface area contributed by atoms with Gasteiger partial charge >= 0.3 is 0 Å². The predicted molar refractivity (Wildman–Crippen MR) is 116 cm³/mol. The van der Waals surface area contributed by atoms with Gasteiger partial charge in [-0.2, -0.15) is 5.26 Å². The Morgan fingerprint density at radius 2 is 1.72 bits per heavy atom. The summed E-state index contributed by atoms with van der Waals surface area (Å²) >= 11 is 6.02. The van der Waals surface area contributed by atoms with Crippen LogP contribution >= 0.6 is 11.6 Å². The number of aliphatic imine (C=N–C) groups is 1. The van der Waals surface area contributed by atoms with E-state index in [1.165, 1.54) is 5.56 Å². The first kappa shape index (κ1) is 19.6. The third-order valence-electron chi connectivity index (χ3n) is 6.12. The van der Waals surface area contributed by atoms with E-state index in [2.05, 4.69) is 37.3 Å². The summed E-state index contributed by atoms with van der Waals surface area (Å²) in [7, 11) is 0. The number of carbonyl (C=O) groups is 1. The molecule has 146 valence electrons. The average Bonchev–Trinajstić information content (AvgIpc) is 2.73. The van der Waals surface area contributed by atoms with E-state index in [0.29, 0.717) is 17.9 Å². The van der Waals surface area contributed by atoms with Gasteiger partial charge in [-0.25, -0.2) is 0 Å². The second-order valence-electron chi connectivity index (χ2n) is 7.87. The maximum Gasteiger partial charge on any atom is 0.161 e. The van der Waals surface area contributed by atoms with Crippen molar-refractivity contribution in [3.8, 4) is 6.07 Å². The topological polar surface area (TPSA) is 53.2 Å². The summed E-state index contributed by atoms with van der Waals surface area (Å²) < 4.78 is 0. The van der Waals surface area contributed by atoms with Crippen molar-refractivity contribution in [1.29, 1.82) is 5.26 Å². The molecule has 2 aromatic rings. The van der Waals surface area contributed by atoms with Crippen LogP contribution in [0.4, 0.5) is 0 Å². The minimum atomic E-state index is -0.405. The zero-order valence-corrected chi connectivity index (χ0v) is 17.4. The van der Waals surface area contributed by atoms with Crippen molar-refractivity contribution in [2.75, 3.05) is 0 Å². The number of rotatable bonds is 3. The Labute approximate surface area is 176 Å². The van der Waals surface area contributed by atoms with Crippen molar-refractivity contribution in [3.63, 3.8) is 0 Å². The third kappa shape index (κ3) is 3.66. The molecular formula is C25H23ClN2O. The van der Waals surface area contributed by atoms with Crippen molar-refractivity contribution in [2.45, 2.75) is 44.9 Å². The van der Waals surface area contributed by atoms with E-state index in [1.54, 1.807) is 0 Å². The fourth-order valence-corrected chi connectivity index (χ4v) is 4.64. The molecule has 0 saturated carbocycles. The van der Waals surface area contributed by atoms with Crippen molar-refractivity contribution in [2.24, 2.45) is 10.9 Å². The number of nitrogens with zero attached hydrogens (tertiary/aromatic N) is 2. The number of carbonyl (C=O) groups excluding carboxylic acids is 1. The van der Waals surface area contributed by atoms with E-state index >= 15 is 0 Å². The van der Waals surface area contributed by atoms with Crippen molar-refractivity contribution in [3.05, 3.63) is 81.5 Å². The third-order valence-corrected chi connectivity index (χ3v) is 6.37. The molecule has 1 heterocycles. The van der Waals surface area contributed by atoms with Crippen molar-refractivity contribution >= 4 is 23.1 Å². The highest BCUT2D eigenvalue weighted by Gasteiger charge is 2.41. The number of benzene rings is 2. The molecule has 1 unspecified atom stereocenters. The van der Waals surface area contributed by atoms with Crippen LogP contribution in [0.2, 0.25) is 5.02 Å². The van der Waals surface area contributed by atoms with Gasteiger partial charge in [0, 0.05) is 34.3 Å². The van der Waals surface area contributed by atoms with Crippen LogP contribution in [0.1, 0.15) is 55.2 Å². The number of aryl methyl sites for hydroxylation is 1. The quantitative estimate of drug-likeness (QED) is 0.632. The molecule has 1 aliphatic carbocycles. The molecule has 0 spiro atoms. The molecule has 0 radical (unpaired) electrons. The number of nitriles is 1. The lowest BCUT2D eigenvalue weighted by molar-refractivity contribution is -0.116. The largest absolute Gasteiger partial charge is 0.294 e. The molecule has 1 aliphatic heterocycles. The average molecular weight is 403 g/mol. The highest BCUT2D eigenvalue weighted by Crippen LogP contribution is 2.46. The normalized spacial score (nSPS) is 24.0.